The number of carbonyl (C=O) groups is 1. The highest BCUT2D eigenvalue weighted by molar-refractivity contribution is 8.00. The summed E-state index contributed by atoms with van der Waals surface area (Å²) in [6.45, 7) is 1.87. The van der Waals surface area contributed by atoms with Crippen LogP contribution < -0.4 is 4.31 Å². The zero-order chi connectivity index (χ0) is 19.9. The molecule has 1 aromatic heterocycles. The Kier molecular flexibility index (Phi) is 4.84. The van der Waals surface area contributed by atoms with Crippen molar-refractivity contribution < 1.29 is 13.2 Å². The topological polar surface area (TPSA) is 80.2 Å². The van der Waals surface area contributed by atoms with Crippen LogP contribution in [0.2, 0.25) is 0 Å². The van der Waals surface area contributed by atoms with Gasteiger partial charge in [-0.05, 0) is 43.2 Å². The number of rotatable bonds is 5. The molecule has 3 aromatic rings. The van der Waals surface area contributed by atoms with Gasteiger partial charge in [-0.2, -0.15) is 0 Å². The molecule has 2 heterocycles. The highest BCUT2D eigenvalue weighted by Gasteiger charge is 2.32. The summed E-state index contributed by atoms with van der Waals surface area (Å²) >= 11 is 1.38. The number of ketones is 1. The van der Waals surface area contributed by atoms with E-state index in [1.807, 2.05) is 37.3 Å². The number of carbonyl (C=O) groups excluding carboxylic acids is 1. The first-order valence-electron chi connectivity index (χ1n) is 8.82. The van der Waals surface area contributed by atoms with Crippen LogP contribution in [0.1, 0.15) is 22.8 Å². The van der Waals surface area contributed by atoms with Crippen molar-refractivity contribution in [1.29, 1.82) is 0 Å². The number of benzene rings is 2. The lowest BCUT2D eigenvalue weighted by atomic mass is 10.0. The molecular formula is C20H19N3O3S2. The summed E-state index contributed by atoms with van der Waals surface area (Å²) in [4.78, 5) is 21.3. The van der Waals surface area contributed by atoms with Crippen molar-refractivity contribution in [2.24, 2.45) is 0 Å². The molecule has 8 heteroatoms. The molecule has 0 spiro atoms. The van der Waals surface area contributed by atoms with E-state index in [0.717, 1.165) is 21.5 Å². The Morgan fingerprint density at radius 3 is 2.79 bits per heavy atom. The molecule has 0 saturated carbocycles. The van der Waals surface area contributed by atoms with Crippen LogP contribution in [0.4, 0.5) is 5.69 Å². The Bertz CT molecular complexity index is 1170. The number of aromatic nitrogens is 2. The zero-order valence-electron chi connectivity index (χ0n) is 15.5. The Morgan fingerprint density at radius 2 is 2.00 bits per heavy atom. The van der Waals surface area contributed by atoms with Crippen molar-refractivity contribution in [2.75, 3.05) is 16.3 Å². The summed E-state index contributed by atoms with van der Waals surface area (Å²) in [5, 5.41) is 1.70. The van der Waals surface area contributed by atoms with E-state index >= 15 is 0 Å². The molecule has 28 heavy (non-hydrogen) atoms. The second-order valence-electron chi connectivity index (χ2n) is 6.86. The number of Topliss-reactive ketones (excluding diaryl/α,β-unsaturated/α-hetero) is 1. The Morgan fingerprint density at radius 1 is 1.21 bits per heavy atom. The molecule has 0 unspecified atom stereocenters. The van der Waals surface area contributed by atoms with Crippen LogP contribution in [0.5, 0.6) is 0 Å². The molecule has 0 N–H and O–H groups in total. The van der Waals surface area contributed by atoms with Crippen LogP contribution in [0, 0.1) is 0 Å². The number of thioether (sulfide) groups is 1. The fraction of sp³-hybridized carbons (Fsp3) is 0.250. The van der Waals surface area contributed by atoms with Gasteiger partial charge < -0.3 is 0 Å². The SMILES string of the molecule is C[C@@H]1Cc2cc(C(=O)CSc3ncnc4ccccc34)ccc2N1S(C)(=O)=O. The van der Waals surface area contributed by atoms with Crippen LogP contribution in [0.15, 0.2) is 53.8 Å². The molecule has 0 fully saturated rings. The second kappa shape index (κ2) is 7.18. The van der Waals surface area contributed by atoms with E-state index in [9.17, 15) is 13.2 Å². The third kappa shape index (κ3) is 3.49. The second-order valence-corrected chi connectivity index (χ2v) is 9.69. The largest absolute Gasteiger partial charge is 0.293 e. The van der Waals surface area contributed by atoms with Crippen molar-refractivity contribution in [3.05, 3.63) is 59.9 Å². The van der Waals surface area contributed by atoms with Crippen LogP contribution in [-0.4, -0.2) is 42.2 Å². The van der Waals surface area contributed by atoms with E-state index in [-0.39, 0.29) is 17.6 Å². The quantitative estimate of drug-likeness (QED) is 0.363. The lowest BCUT2D eigenvalue weighted by Gasteiger charge is -2.21. The molecule has 0 radical (unpaired) electrons. The minimum atomic E-state index is -3.34. The van der Waals surface area contributed by atoms with E-state index in [4.69, 9.17) is 0 Å². The number of fused-ring (bicyclic) bond motifs is 2. The lowest BCUT2D eigenvalue weighted by molar-refractivity contribution is 0.102. The first kappa shape index (κ1) is 18.9. The van der Waals surface area contributed by atoms with Gasteiger partial charge in [-0.25, -0.2) is 18.4 Å². The monoisotopic (exact) mass is 413 g/mol. The maximum atomic E-state index is 12.7. The molecule has 1 atom stereocenters. The fourth-order valence-corrected chi connectivity index (χ4v) is 5.74. The number of hydrogen-bond donors (Lipinski definition) is 0. The number of hydrogen-bond acceptors (Lipinski definition) is 6. The maximum absolute atomic E-state index is 12.7. The maximum Gasteiger partial charge on any atom is 0.232 e. The molecule has 6 nitrogen and oxygen atoms in total. The molecular weight excluding hydrogens is 394 g/mol. The first-order chi connectivity index (χ1) is 13.3. The highest BCUT2D eigenvalue weighted by atomic mass is 32.2. The summed E-state index contributed by atoms with van der Waals surface area (Å²) in [5.41, 5.74) is 2.99. The molecule has 0 aliphatic carbocycles. The van der Waals surface area contributed by atoms with Gasteiger partial charge in [0.1, 0.15) is 11.4 Å². The summed E-state index contributed by atoms with van der Waals surface area (Å²) in [6.07, 6.45) is 3.32. The number of para-hydroxylation sites is 1. The summed E-state index contributed by atoms with van der Waals surface area (Å²) < 4.78 is 25.5. The molecule has 144 valence electrons. The zero-order valence-corrected chi connectivity index (χ0v) is 17.1. The van der Waals surface area contributed by atoms with Gasteiger partial charge in [0.15, 0.2) is 5.78 Å². The van der Waals surface area contributed by atoms with Gasteiger partial charge in [-0.1, -0.05) is 30.0 Å². The molecule has 1 aliphatic rings. The predicted octanol–water partition coefficient (Wildman–Crippen LogP) is 3.32. The standard InChI is InChI=1S/C20H19N3O3S2/c1-13-9-15-10-14(7-8-18(15)23(13)28(2,25)26)19(24)11-27-20-16-5-3-4-6-17(16)21-12-22-20/h3-8,10,12-13H,9,11H2,1-2H3/t13-/m1/s1. The van der Waals surface area contributed by atoms with Gasteiger partial charge in [-0.15, -0.1) is 0 Å². The van der Waals surface area contributed by atoms with Crippen LogP contribution >= 0.6 is 11.8 Å². The Hall–Kier alpha value is -2.45. The third-order valence-electron chi connectivity index (χ3n) is 4.76. The minimum Gasteiger partial charge on any atom is -0.293 e. The summed E-state index contributed by atoms with van der Waals surface area (Å²) in [7, 11) is -3.34. The van der Waals surface area contributed by atoms with E-state index in [2.05, 4.69) is 9.97 Å². The van der Waals surface area contributed by atoms with Gasteiger partial charge in [0.05, 0.1) is 23.2 Å². The highest BCUT2D eigenvalue weighted by Crippen LogP contribution is 2.35. The van der Waals surface area contributed by atoms with Crippen molar-refractivity contribution in [1.82, 2.24) is 9.97 Å². The first-order valence-corrected chi connectivity index (χ1v) is 11.7. The average molecular weight is 414 g/mol. The number of sulfonamides is 1. The van der Waals surface area contributed by atoms with Crippen molar-refractivity contribution in [3.63, 3.8) is 0 Å². The Balaban J connectivity index is 1.54. The number of nitrogens with zero attached hydrogens (tertiary/aromatic N) is 3. The fourth-order valence-electron chi connectivity index (χ4n) is 3.59. The van der Waals surface area contributed by atoms with E-state index < -0.39 is 10.0 Å². The van der Waals surface area contributed by atoms with E-state index in [0.29, 0.717) is 17.7 Å². The van der Waals surface area contributed by atoms with Crippen LogP contribution in [-0.2, 0) is 16.4 Å². The summed E-state index contributed by atoms with van der Waals surface area (Å²) in [6, 6.07) is 12.8. The van der Waals surface area contributed by atoms with Gasteiger partial charge in [0, 0.05) is 17.0 Å². The molecule has 0 bridgehead atoms. The predicted molar refractivity (Wildman–Crippen MR) is 112 cm³/mol. The van der Waals surface area contributed by atoms with E-state index in [1.54, 1.807) is 12.1 Å². The van der Waals surface area contributed by atoms with E-state index in [1.165, 1.54) is 28.7 Å². The van der Waals surface area contributed by atoms with Gasteiger partial charge in [0.2, 0.25) is 10.0 Å². The molecule has 0 amide bonds. The smallest absolute Gasteiger partial charge is 0.232 e. The molecule has 0 saturated heterocycles. The average Bonchev–Trinajstić information content (AvgIpc) is 3.01. The van der Waals surface area contributed by atoms with Crippen LogP contribution in [0.3, 0.4) is 0 Å². The van der Waals surface area contributed by atoms with Crippen molar-refractivity contribution in [3.8, 4) is 0 Å². The summed E-state index contributed by atoms with van der Waals surface area (Å²) in [5.74, 6) is 0.242. The van der Waals surface area contributed by atoms with Gasteiger partial charge >= 0.3 is 0 Å². The minimum absolute atomic E-state index is 0.0130. The van der Waals surface area contributed by atoms with Crippen LogP contribution in [0.25, 0.3) is 10.9 Å². The van der Waals surface area contributed by atoms with Gasteiger partial charge in [-0.3, -0.25) is 9.10 Å². The van der Waals surface area contributed by atoms with Gasteiger partial charge in [0.25, 0.3) is 0 Å². The molecule has 2 aromatic carbocycles. The normalized spacial score (nSPS) is 16.4. The third-order valence-corrected chi connectivity index (χ3v) is 7.03. The molecule has 4 rings (SSSR count). The lowest BCUT2D eigenvalue weighted by Crippen LogP contribution is -2.34. The van der Waals surface area contributed by atoms with Crippen molar-refractivity contribution in [2.45, 2.75) is 24.4 Å². The Labute approximate surface area is 168 Å². The number of anilines is 1. The molecule has 1 aliphatic heterocycles. The van der Waals surface area contributed by atoms with Crippen molar-refractivity contribution >= 4 is 44.2 Å².